The molecule has 152 valence electrons. The van der Waals surface area contributed by atoms with Gasteiger partial charge in [0.15, 0.2) is 0 Å². The molecular weight excluding hydrogens is 396 g/mol. The molecule has 2 aromatic heterocycles. The normalized spacial score (nSPS) is 11.0. The summed E-state index contributed by atoms with van der Waals surface area (Å²) in [6, 6.07) is 15.3. The largest absolute Gasteiger partial charge is 0.462 e. The van der Waals surface area contributed by atoms with Gasteiger partial charge >= 0.3 is 5.97 Å². The van der Waals surface area contributed by atoms with Gasteiger partial charge in [-0.1, -0.05) is 48.9 Å². The zero-order valence-corrected chi connectivity index (χ0v) is 17.7. The van der Waals surface area contributed by atoms with Crippen molar-refractivity contribution in [3.63, 3.8) is 0 Å². The number of ether oxygens (including phenoxy) is 1. The summed E-state index contributed by atoms with van der Waals surface area (Å²) in [6.07, 6.45) is 2.37. The second-order valence-corrected chi connectivity index (χ2v) is 8.06. The van der Waals surface area contributed by atoms with Crippen LogP contribution in [0, 0.1) is 6.92 Å². The minimum absolute atomic E-state index is 0.0664. The fraction of sp³-hybridized carbons (Fsp3) is 0.208. The van der Waals surface area contributed by atoms with Gasteiger partial charge in [-0.25, -0.2) is 9.78 Å². The maximum absolute atomic E-state index is 13.2. The summed E-state index contributed by atoms with van der Waals surface area (Å²) in [5, 5.41) is 2.64. The highest BCUT2D eigenvalue weighted by Crippen LogP contribution is 2.30. The number of aryl methyl sites for hydroxylation is 1. The Morgan fingerprint density at radius 3 is 2.53 bits per heavy atom. The van der Waals surface area contributed by atoms with Crippen LogP contribution in [-0.4, -0.2) is 22.1 Å². The zero-order chi connectivity index (χ0) is 21.1. The van der Waals surface area contributed by atoms with E-state index < -0.39 is 0 Å². The van der Waals surface area contributed by atoms with E-state index in [1.54, 1.807) is 23.0 Å². The number of carbonyl (C=O) groups excluding carboxylic acids is 1. The van der Waals surface area contributed by atoms with E-state index in [9.17, 15) is 9.59 Å². The van der Waals surface area contributed by atoms with Crippen molar-refractivity contribution in [1.82, 2.24) is 9.55 Å². The zero-order valence-electron chi connectivity index (χ0n) is 16.9. The summed E-state index contributed by atoms with van der Waals surface area (Å²) in [6.45, 7) is 4.79. The van der Waals surface area contributed by atoms with Crippen molar-refractivity contribution in [2.24, 2.45) is 0 Å². The molecule has 0 bridgehead atoms. The van der Waals surface area contributed by atoms with Gasteiger partial charge in [-0.05, 0) is 36.6 Å². The average molecular weight is 419 g/mol. The molecule has 0 fully saturated rings. The van der Waals surface area contributed by atoms with Crippen LogP contribution < -0.4 is 5.56 Å². The van der Waals surface area contributed by atoms with Gasteiger partial charge in [-0.15, -0.1) is 11.3 Å². The fourth-order valence-corrected chi connectivity index (χ4v) is 4.15. The Labute approximate surface area is 178 Å². The third-order valence-electron chi connectivity index (χ3n) is 4.90. The molecule has 2 aromatic carbocycles. The molecule has 0 aliphatic rings. The fourth-order valence-electron chi connectivity index (χ4n) is 3.25. The summed E-state index contributed by atoms with van der Waals surface area (Å²) in [4.78, 5) is 30.4. The number of hydrogen-bond acceptors (Lipinski definition) is 5. The smallest absolute Gasteiger partial charge is 0.338 e. The van der Waals surface area contributed by atoms with Crippen molar-refractivity contribution >= 4 is 27.5 Å². The van der Waals surface area contributed by atoms with E-state index in [1.807, 2.05) is 55.6 Å². The summed E-state index contributed by atoms with van der Waals surface area (Å²) in [5.41, 5.74) is 4.46. The molecule has 0 radical (unpaired) electrons. The molecule has 2 heterocycles. The van der Waals surface area contributed by atoms with E-state index in [2.05, 4.69) is 4.98 Å². The molecule has 4 aromatic rings. The second kappa shape index (κ2) is 8.63. The third kappa shape index (κ3) is 4.04. The highest BCUT2D eigenvalue weighted by Gasteiger charge is 2.14. The second-order valence-electron chi connectivity index (χ2n) is 7.21. The maximum Gasteiger partial charge on any atom is 0.338 e. The highest BCUT2D eigenvalue weighted by atomic mass is 32.1. The van der Waals surface area contributed by atoms with Gasteiger partial charge in [-0.3, -0.25) is 9.36 Å². The summed E-state index contributed by atoms with van der Waals surface area (Å²) >= 11 is 1.48. The van der Waals surface area contributed by atoms with Gasteiger partial charge in [0.05, 0.1) is 30.4 Å². The molecule has 30 heavy (non-hydrogen) atoms. The number of aromatic nitrogens is 2. The number of esters is 1. The van der Waals surface area contributed by atoms with E-state index in [-0.39, 0.29) is 11.5 Å². The summed E-state index contributed by atoms with van der Waals surface area (Å²) < 4.78 is 6.76. The van der Waals surface area contributed by atoms with Crippen molar-refractivity contribution < 1.29 is 9.53 Å². The molecule has 0 N–H and O–H groups in total. The van der Waals surface area contributed by atoms with Gasteiger partial charge in [0.1, 0.15) is 4.83 Å². The molecule has 5 nitrogen and oxygen atoms in total. The maximum atomic E-state index is 13.2. The van der Waals surface area contributed by atoms with Crippen molar-refractivity contribution in [2.75, 3.05) is 6.61 Å². The lowest BCUT2D eigenvalue weighted by Gasteiger charge is -2.08. The molecule has 0 atom stereocenters. The Morgan fingerprint density at radius 2 is 1.83 bits per heavy atom. The van der Waals surface area contributed by atoms with E-state index in [1.165, 1.54) is 16.9 Å². The molecular formula is C24H22N2O3S. The molecule has 0 saturated heterocycles. The molecule has 0 saturated carbocycles. The minimum Gasteiger partial charge on any atom is -0.462 e. The predicted octanol–water partition coefficient (Wildman–Crippen LogP) is 5.05. The first-order valence-corrected chi connectivity index (χ1v) is 10.7. The van der Waals surface area contributed by atoms with Crippen LogP contribution in [0.15, 0.2) is 65.0 Å². The lowest BCUT2D eigenvalue weighted by molar-refractivity contribution is 0.0505. The van der Waals surface area contributed by atoms with Crippen molar-refractivity contribution in [3.8, 4) is 11.1 Å². The van der Waals surface area contributed by atoms with E-state index >= 15 is 0 Å². The Bertz CT molecular complexity index is 1240. The molecule has 0 aliphatic heterocycles. The SMILES string of the molecule is CCCOC(=O)c1ccc(Cn2cnc3scc(-c4ccc(C)cc4)c3c2=O)cc1. The van der Waals surface area contributed by atoms with E-state index in [0.29, 0.717) is 24.1 Å². The topological polar surface area (TPSA) is 61.2 Å². The van der Waals surface area contributed by atoms with Crippen LogP contribution in [0.2, 0.25) is 0 Å². The Balaban J connectivity index is 1.63. The number of fused-ring (bicyclic) bond motifs is 1. The standard InChI is InChI=1S/C24H22N2O3S/c1-3-12-29-24(28)19-10-6-17(7-11-19)13-26-15-25-22-21(23(26)27)20(14-30-22)18-8-4-16(2)5-9-18/h4-11,14-15H,3,12-13H2,1-2H3. The Kier molecular flexibility index (Phi) is 5.77. The van der Waals surface area contributed by atoms with Gasteiger partial charge < -0.3 is 4.74 Å². The van der Waals surface area contributed by atoms with Crippen molar-refractivity contribution in [2.45, 2.75) is 26.8 Å². The molecule has 4 rings (SSSR count). The van der Waals surface area contributed by atoms with Crippen molar-refractivity contribution in [1.29, 1.82) is 0 Å². The van der Waals surface area contributed by atoms with Gasteiger partial charge in [0, 0.05) is 10.9 Å². The molecule has 0 aliphatic carbocycles. The van der Waals surface area contributed by atoms with Crippen LogP contribution in [0.1, 0.15) is 34.8 Å². The minimum atomic E-state index is -0.329. The van der Waals surface area contributed by atoms with Crippen LogP contribution in [0.3, 0.4) is 0 Å². The molecule has 0 amide bonds. The van der Waals surface area contributed by atoms with Gasteiger partial charge in [0.25, 0.3) is 5.56 Å². The average Bonchev–Trinajstić information content (AvgIpc) is 3.20. The van der Waals surface area contributed by atoms with Crippen molar-refractivity contribution in [3.05, 3.63) is 87.3 Å². The van der Waals surface area contributed by atoms with E-state index in [0.717, 1.165) is 27.9 Å². The van der Waals surface area contributed by atoms with Crippen LogP contribution in [0.25, 0.3) is 21.3 Å². The third-order valence-corrected chi connectivity index (χ3v) is 5.79. The molecule has 6 heteroatoms. The number of rotatable bonds is 6. The van der Waals surface area contributed by atoms with Gasteiger partial charge in [-0.2, -0.15) is 0 Å². The molecule has 0 spiro atoms. The number of thiophene rings is 1. The van der Waals surface area contributed by atoms with Crippen LogP contribution in [-0.2, 0) is 11.3 Å². The summed E-state index contributed by atoms with van der Waals surface area (Å²) in [7, 11) is 0. The number of nitrogens with zero attached hydrogens (tertiary/aromatic N) is 2. The Morgan fingerprint density at radius 1 is 1.10 bits per heavy atom. The summed E-state index contributed by atoms with van der Waals surface area (Å²) in [5.74, 6) is -0.329. The first kappa shape index (κ1) is 20.0. The monoisotopic (exact) mass is 418 g/mol. The van der Waals surface area contributed by atoms with Crippen LogP contribution in [0.4, 0.5) is 0 Å². The Hall–Kier alpha value is -3.25. The van der Waals surface area contributed by atoms with E-state index in [4.69, 9.17) is 4.74 Å². The quantitative estimate of drug-likeness (QED) is 0.411. The highest BCUT2D eigenvalue weighted by molar-refractivity contribution is 7.17. The lowest BCUT2D eigenvalue weighted by Crippen LogP contribution is -2.21. The van der Waals surface area contributed by atoms with Gasteiger partial charge in [0.2, 0.25) is 0 Å². The predicted molar refractivity (Wildman–Crippen MR) is 120 cm³/mol. The molecule has 0 unspecified atom stereocenters. The van der Waals surface area contributed by atoms with Crippen LogP contribution >= 0.6 is 11.3 Å². The van der Waals surface area contributed by atoms with Crippen LogP contribution in [0.5, 0.6) is 0 Å². The number of benzene rings is 2. The number of carbonyl (C=O) groups is 1. The number of hydrogen-bond donors (Lipinski definition) is 0. The lowest BCUT2D eigenvalue weighted by atomic mass is 10.1. The first-order chi connectivity index (χ1) is 14.6. The first-order valence-electron chi connectivity index (χ1n) is 9.86.